The van der Waals surface area contributed by atoms with Crippen molar-refractivity contribution >= 4 is 46.5 Å². The van der Waals surface area contributed by atoms with E-state index in [0.29, 0.717) is 6.42 Å². The Morgan fingerprint density at radius 2 is 1.59 bits per heavy atom. The molecule has 0 radical (unpaired) electrons. The molecule has 0 aliphatic rings. The van der Waals surface area contributed by atoms with Crippen LogP contribution < -0.4 is 5.32 Å². The van der Waals surface area contributed by atoms with Crippen molar-refractivity contribution < 1.29 is 14.6 Å². The summed E-state index contributed by atoms with van der Waals surface area (Å²) in [5.74, 6) is -0.622. The molecule has 0 aliphatic carbocycles. The lowest BCUT2D eigenvalue weighted by Gasteiger charge is -2.23. The van der Waals surface area contributed by atoms with E-state index in [1.165, 1.54) is 0 Å². The lowest BCUT2D eigenvalue weighted by molar-refractivity contribution is -0.394. The molecule has 0 aromatic heterocycles. The van der Waals surface area contributed by atoms with Crippen molar-refractivity contribution in [2.45, 2.75) is 31.6 Å². The van der Waals surface area contributed by atoms with Gasteiger partial charge in [0.2, 0.25) is 0 Å². The van der Waals surface area contributed by atoms with Gasteiger partial charge in [-0.15, -0.1) is 0 Å². The first kappa shape index (κ1) is 23.4. The fourth-order valence-electron chi connectivity index (χ4n) is 3.53. The maximum Gasteiger partial charge on any atom is 0.277 e. The zero-order chi connectivity index (χ0) is 23.5. The summed E-state index contributed by atoms with van der Waals surface area (Å²) in [4.78, 5) is 33.9. The number of nitro benzene ring substituents is 2. The molecule has 0 saturated carbocycles. The number of nitrogens with one attached hydrogen (secondary N) is 1. The van der Waals surface area contributed by atoms with Crippen molar-refractivity contribution in [3.05, 3.63) is 92.0 Å². The Kier molecular flexibility index (Phi) is 6.90. The molecule has 0 saturated heterocycles. The van der Waals surface area contributed by atoms with E-state index < -0.39 is 40.6 Å². The molecule has 32 heavy (non-hydrogen) atoms. The highest BCUT2D eigenvalue weighted by molar-refractivity contribution is 7.19. The van der Waals surface area contributed by atoms with Crippen LogP contribution in [0.5, 0.6) is 0 Å². The fraction of sp³-hybridized carbons (Fsp3) is 0.227. The molecule has 1 amide bonds. The predicted octanol–water partition coefficient (Wildman–Crippen LogP) is 5.96. The summed E-state index contributed by atoms with van der Waals surface area (Å²) in [5.41, 5.74) is -0.273. The highest BCUT2D eigenvalue weighted by atomic mass is 35.6. The zero-order valence-electron chi connectivity index (χ0n) is 17.6. The first-order valence-corrected chi connectivity index (χ1v) is 14.2. The zero-order valence-corrected chi connectivity index (χ0v) is 19.3. The Morgan fingerprint density at radius 1 is 1.00 bits per heavy atom. The van der Waals surface area contributed by atoms with Crippen LogP contribution in [0.15, 0.2) is 60.7 Å². The molecule has 8 nitrogen and oxygen atoms in total. The van der Waals surface area contributed by atoms with Crippen molar-refractivity contribution in [3.63, 3.8) is 0 Å². The van der Waals surface area contributed by atoms with Crippen molar-refractivity contribution in [2.24, 2.45) is 0 Å². The molecule has 0 heterocycles. The fourth-order valence-corrected chi connectivity index (χ4v) is 4.83. The van der Waals surface area contributed by atoms with Crippen LogP contribution >= 0.6 is 11.1 Å². The summed E-state index contributed by atoms with van der Waals surface area (Å²) < 4.78 is 0. The highest BCUT2D eigenvalue weighted by Gasteiger charge is 2.25. The minimum absolute atomic E-state index is 0.140. The van der Waals surface area contributed by atoms with Gasteiger partial charge in [-0.05, 0) is 28.8 Å². The second kappa shape index (κ2) is 9.45. The van der Waals surface area contributed by atoms with E-state index in [4.69, 9.17) is 11.1 Å². The number of fused-ring (bicyclic) bond motifs is 1. The van der Waals surface area contributed by atoms with Crippen LogP contribution in [0.2, 0.25) is 19.1 Å². The number of carbonyl (C=O) groups is 1. The molecule has 0 spiro atoms. The van der Waals surface area contributed by atoms with Gasteiger partial charge in [-0.2, -0.15) is 11.1 Å². The van der Waals surface area contributed by atoms with E-state index >= 15 is 0 Å². The molecule has 0 bridgehead atoms. The largest absolute Gasteiger partial charge is 0.345 e. The Bertz CT molecular complexity index is 1160. The third-order valence-electron chi connectivity index (χ3n) is 5.12. The monoisotopic (exact) mass is 471 g/mol. The number of halogens is 1. The molecular formula is C22H22ClN3O5Si. The maximum absolute atomic E-state index is 13.1. The number of rotatable bonds is 8. The second-order valence-corrected chi connectivity index (χ2v) is 15.1. The number of nitro groups is 2. The summed E-state index contributed by atoms with van der Waals surface area (Å²) in [6, 6.07) is 16.8. The molecule has 1 unspecified atom stereocenters. The van der Waals surface area contributed by atoms with E-state index in [9.17, 15) is 25.0 Å². The number of amides is 1. The van der Waals surface area contributed by atoms with Gasteiger partial charge in [0, 0.05) is 12.1 Å². The van der Waals surface area contributed by atoms with E-state index in [1.807, 2.05) is 55.6 Å². The number of carbonyl (C=O) groups excluding carboxylic acids is 1. The number of benzene rings is 3. The van der Waals surface area contributed by atoms with Crippen molar-refractivity contribution in [1.29, 1.82) is 0 Å². The number of non-ortho nitro benzene ring substituents is 2. The first-order chi connectivity index (χ1) is 15.0. The van der Waals surface area contributed by atoms with Gasteiger partial charge >= 0.3 is 0 Å². The van der Waals surface area contributed by atoms with E-state index in [0.717, 1.165) is 40.6 Å². The van der Waals surface area contributed by atoms with Gasteiger partial charge in [0.1, 0.15) is 0 Å². The average molecular weight is 472 g/mol. The molecule has 0 fully saturated rings. The lowest BCUT2D eigenvalue weighted by atomic mass is 9.96. The quantitative estimate of drug-likeness (QED) is 0.188. The summed E-state index contributed by atoms with van der Waals surface area (Å²) >= 11 is 6.52. The Morgan fingerprint density at radius 3 is 2.19 bits per heavy atom. The molecule has 10 heteroatoms. The van der Waals surface area contributed by atoms with Crippen LogP contribution in [0.1, 0.15) is 28.4 Å². The molecular weight excluding hydrogens is 450 g/mol. The van der Waals surface area contributed by atoms with Gasteiger partial charge in [-0.1, -0.05) is 55.6 Å². The van der Waals surface area contributed by atoms with Crippen LogP contribution in [0.4, 0.5) is 11.4 Å². The Balaban J connectivity index is 2.01. The van der Waals surface area contributed by atoms with Crippen molar-refractivity contribution in [2.75, 3.05) is 0 Å². The van der Waals surface area contributed by atoms with Gasteiger partial charge in [0.15, 0.2) is 7.38 Å². The summed E-state index contributed by atoms with van der Waals surface area (Å²) in [6.45, 7) is 4.03. The van der Waals surface area contributed by atoms with E-state index in [1.54, 1.807) is 0 Å². The minimum atomic E-state index is -1.96. The van der Waals surface area contributed by atoms with Crippen molar-refractivity contribution in [3.8, 4) is 0 Å². The molecule has 1 N–H and O–H groups in total. The Labute approximate surface area is 190 Å². The highest BCUT2D eigenvalue weighted by Crippen LogP contribution is 2.31. The molecule has 3 rings (SSSR count). The van der Waals surface area contributed by atoms with Crippen LogP contribution in [0, 0.1) is 20.2 Å². The molecule has 3 aromatic rings. The van der Waals surface area contributed by atoms with Gasteiger partial charge in [0.25, 0.3) is 17.3 Å². The molecule has 1 atom stereocenters. The van der Waals surface area contributed by atoms with Gasteiger partial charge < -0.3 is 5.32 Å². The standard InChI is InChI=1S/C22H22ClN3O5Si/c1-32(2,23)11-10-21(20-9-5-7-15-6-3-4-8-19(15)20)24-22(27)16-12-17(25(28)29)14-18(13-16)26(30)31/h3-9,12-14,21H,10-11H2,1-2H3,(H,24,27). The molecule has 0 aliphatic heterocycles. The normalized spacial score (nSPS) is 12.3. The van der Waals surface area contributed by atoms with Crippen LogP contribution in [-0.4, -0.2) is 23.1 Å². The lowest BCUT2D eigenvalue weighted by Crippen LogP contribution is -2.30. The summed E-state index contributed by atoms with van der Waals surface area (Å²) in [6.07, 6.45) is 0.569. The number of nitrogens with zero attached hydrogens (tertiary/aromatic N) is 2. The van der Waals surface area contributed by atoms with E-state index in [2.05, 4.69) is 5.32 Å². The molecule has 3 aromatic carbocycles. The number of hydrogen-bond donors (Lipinski definition) is 1. The smallest absolute Gasteiger partial charge is 0.277 e. The Hall–Kier alpha value is -3.30. The van der Waals surface area contributed by atoms with E-state index in [-0.39, 0.29) is 5.56 Å². The average Bonchev–Trinajstić information content (AvgIpc) is 2.75. The van der Waals surface area contributed by atoms with Crippen LogP contribution in [0.3, 0.4) is 0 Å². The summed E-state index contributed by atoms with van der Waals surface area (Å²) in [7, 11) is -1.96. The topological polar surface area (TPSA) is 115 Å². The maximum atomic E-state index is 13.1. The summed E-state index contributed by atoms with van der Waals surface area (Å²) in [5, 5.41) is 27.3. The third-order valence-corrected chi connectivity index (χ3v) is 7.16. The first-order valence-electron chi connectivity index (χ1n) is 9.96. The van der Waals surface area contributed by atoms with Gasteiger partial charge in [0.05, 0.1) is 27.5 Å². The number of hydrogen-bond acceptors (Lipinski definition) is 5. The molecule has 166 valence electrons. The third kappa shape index (κ3) is 5.68. The SMILES string of the molecule is C[Si](C)(Cl)CCC(NC(=O)c1cc([N+](=O)[O-])cc([N+](=O)[O-])c1)c1cccc2ccccc12. The van der Waals surface area contributed by atoms with Crippen molar-refractivity contribution in [1.82, 2.24) is 5.32 Å². The minimum Gasteiger partial charge on any atom is -0.345 e. The van der Waals surface area contributed by atoms with Gasteiger partial charge in [-0.3, -0.25) is 25.0 Å². The second-order valence-electron chi connectivity index (χ2n) is 8.10. The van der Waals surface area contributed by atoms with Crippen LogP contribution in [-0.2, 0) is 0 Å². The van der Waals surface area contributed by atoms with Crippen LogP contribution in [0.25, 0.3) is 10.8 Å². The predicted molar refractivity (Wildman–Crippen MR) is 127 cm³/mol. The van der Waals surface area contributed by atoms with Gasteiger partial charge in [-0.25, -0.2) is 0 Å².